The summed E-state index contributed by atoms with van der Waals surface area (Å²) in [4.78, 5) is 12.5. The normalized spacial score (nSPS) is 12.3. The van der Waals surface area contributed by atoms with Gasteiger partial charge in [-0.3, -0.25) is 9.10 Å². The number of hydrogen-bond acceptors (Lipinski definition) is 4. The third-order valence-electron chi connectivity index (χ3n) is 3.58. The summed E-state index contributed by atoms with van der Waals surface area (Å²) in [6.45, 7) is 1.35. The van der Waals surface area contributed by atoms with Gasteiger partial charge in [0.1, 0.15) is 11.8 Å². The third kappa shape index (κ3) is 4.48. The quantitative estimate of drug-likeness (QED) is 0.831. The number of nitrogens with zero attached hydrogens (tertiary/aromatic N) is 1. The maximum absolute atomic E-state index is 13.5. The molecular weight excluding hydrogens is 366 g/mol. The average Bonchev–Trinajstić information content (AvgIpc) is 2.57. The summed E-state index contributed by atoms with van der Waals surface area (Å²) in [6.07, 6.45) is 0.879. The third-order valence-corrected chi connectivity index (χ3v) is 4.83. The molecule has 0 aliphatic rings. The number of sulfonamides is 1. The van der Waals surface area contributed by atoms with E-state index in [0.717, 1.165) is 28.8 Å². The van der Waals surface area contributed by atoms with Crippen molar-refractivity contribution in [2.45, 2.75) is 13.0 Å². The topological polar surface area (TPSA) is 75.7 Å². The van der Waals surface area contributed by atoms with Crippen molar-refractivity contribution in [2.75, 3.05) is 23.0 Å². The fourth-order valence-electron chi connectivity index (χ4n) is 2.38. The Morgan fingerprint density at radius 3 is 2.42 bits per heavy atom. The lowest BCUT2D eigenvalue weighted by atomic mass is 10.2. The van der Waals surface area contributed by atoms with E-state index in [1.54, 1.807) is 24.3 Å². The van der Waals surface area contributed by atoms with Gasteiger partial charge in [-0.2, -0.15) is 0 Å². The number of methoxy groups -OCH3 is 1. The molecule has 0 aliphatic heterocycles. The highest BCUT2D eigenvalue weighted by Crippen LogP contribution is 2.24. The van der Waals surface area contributed by atoms with Crippen LogP contribution in [0.2, 0.25) is 0 Å². The van der Waals surface area contributed by atoms with Gasteiger partial charge in [0.25, 0.3) is 0 Å². The Labute approximate surface area is 150 Å². The Morgan fingerprint density at radius 2 is 1.85 bits per heavy atom. The van der Waals surface area contributed by atoms with Crippen molar-refractivity contribution in [3.63, 3.8) is 0 Å². The van der Waals surface area contributed by atoms with Crippen molar-refractivity contribution in [2.24, 2.45) is 0 Å². The van der Waals surface area contributed by atoms with Gasteiger partial charge in [-0.1, -0.05) is 6.07 Å². The summed E-state index contributed by atoms with van der Waals surface area (Å²) < 4.78 is 56.7. The first-order valence-corrected chi connectivity index (χ1v) is 9.37. The molecular formula is C17H18F2N2O4S. The van der Waals surface area contributed by atoms with Gasteiger partial charge in [0, 0.05) is 17.8 Å². The van der Waals surface area contributed by atoms with E-state index in [4.69, 9.17) is 4.74 Å². The number of nitrogens with one attached hydrogen (secondary N) is 1. The van der Waals surface area contributed by atoms with E-state index in [1.165, 1.54) is 14.0 Å². The standard InChI is InChI=1S/C17H18F2N2O4S/c1-11(17(22)20-12-5-4-6-14(9-12)25-2)21(26(3,23)24)13-7-8-15(18)16(19)10-13/h4-11H,1-3H3,(H,20,22). The molecule has 6 nitrogen and oxygen atoms in total. The first-order chi connectivity index (χ1) is 12.1. The van der Waals surface area contributed by atoms with Crippen LogP contribution in [0.15, 0.2) is 42.5 Å². The number of ether oxygens (including phenoxy) is 1. The summed E-state index contributed by atoms with van der Waals surface area (Å²) in [5.41, 5.74) is 0.250. The Hall–Kier alpha value is -2.68. The molecule has 0 bridgehead atoms. The van der Waals surface area contributed by atoms with Gasteiger partial charge in [-0.25, -0.2) is 17.2 Å². The molecule has 1 unspecified atom stereocenters. The highest BCUT2D eigenvalue weighted by atomic mass is 32.2. The van der Waals surface area contributed by atoms with Crippen LogP contribution in [-0.4, -0.2) is 33.7 Å². The van der Waals surface area contributed by atoms with Crippen molar-refractivity contribution in [3.05, 3.63) is 54.1 Å². The molecule has 0 saturated carbocycles. The molecule has 0 aliphatic carbocycles. The first kappa shape index (κ1) is 19.6. The van der Waals surface area contributed by atoms with Gasteiger partial charge < -0.3 is 10.1 Å². The maximum atomic E-state index is 13.5. The largest absolute Gasteiger partial charge is 0.497 e. The van der Waals surface area contributed by atoms with E-state index in [2.05, 4.69) is 5.32 Å². The first-order valence-electron chi connectivity index (χ1n) is 7.53. The van der Waals surface area contributed by atoms with Gasteiger partial charge in [0.15, 0.2) is 11.6 Å². The zero-order valence-corrected chi connectivity index (χ0v) is 15.2. The number of rotatable bonds is 6. The second kappa shape index (κ2) is 7.69. The molecule has 1 amide bonds. The molecule has 1 N–H and O–H groups in total. The van der Waals surface area contributed by atoms with Crippen LogP contribution in [0, 0.1) is 11.6 Å². The number of halogens is 2. The maximum Gasteiger partial charge on any atom is 0.247 e. The van der Waals surface area contributed by atoms with Crippen LogP contribution in [0.3, 0.4) is 0 Å². The van der Waals surface area contributed by atoms with Crippen molar-refractivity contribution >= 4 is 27.3 Å². The summed E-state index contributed by atoms with van der Waals surface area (Å²) >= 11 is 0. The van der Waals surface area contributed by atoms with Gasteiger partial charge in [-0.05, 0) is 31.2 Å². The van der Waals surface area contributed by atoms with Crippen LogP contribution in [0.5, 0.6) is 5.75 Å². The number of benzene rings is 2. The zero-order valence-electron chi connectivity index (χ0n) is 14.4. The Morgan fingerprint density at radius 1 is 1.15 bits per heavy atom. The SMILES string of the molecule is COc1cccc(NC(=O)C(C)N(c2ccc(F)c(F)c2)S(C)(=O)=O)c1. The molecule has 2 aromatic carbocycles. The second-order valence-corrected chi connectivity index (χ2v) is 7.41. The summed E-state index contributed by atoms with van der Waals surface area (Å²) in [6, 6.07) is 7.92. The predicted molar refractivity (Wildman–Crippen MR) is 94.8 cm³/mol. The zero-order chi connectivity index (χ0) is 19.5. The molecule has 9 heteroatoms. The summed E-state index contributed by atoms with van der Waals surface area (Å²) in [5.74, 6) is -2.46. The lowest BCUT2D eigenvalue weighted by Gasteiger charge is -2.28. The molecule has 0 fully saturated rings. The highest BCUT2D eigenvalue weighted by molar-refractivity contribution is 7.92. The average molecular weight is 384 g/mol. The Kier molecular flexibility index (Phi) is 5.81. The van der Waals surface area contributed by atoms with E-state index in [0.29, 0.717) is 11.4 Å². The molecule has 0 radical (unpaired) electrons. The van der Waals surface area contributed by atoms with E-state index in [1.807, 2.05) is 0 Å². The van der Waals surface area contributed by atoms with Crippen LogP contribution in [0.1, 0.15) is 6.92 Å². The van der Waals surface area contributed by atoms with Crippen LogP contribution >= 0.6 is 0 Å². The minimum atomic E-state index is -3.94. The van der Waals surface area contributed by atoms with E-state index in [-0.39, 0.29) is 5.69 Å². The van der Waals surface area contributed by atoms with Crippen molar-refractivity contribution in [3.8, 4) is 5.75 Å². The molecule has 0 aromatic heterocycles. The summed E-state index contributed by atoms with van der Waals surface area (Å²) in [7, 11) is -2.47. The van der Waals surface area contributed by atoms with E-state index < -0.39 is 33.6 Å². The van der Waals surface area contributed by atoms with Crippen LogP contribution in [0.4, 0.5) is 20.2 Å². The minimum absolute atomic E-state index is 0.153. The molecule has 140 valence electrons. The minimum Gasteiger partial charge on any atom is -0.497 e. The van der Waals surface area contributed by atoms with Crippen molar-refractivity contribution in [1.29, 1.82) is 0 Å². The number of carbonyl (C=O) groups is 1. The van der Waals surface area contributed by atoms with Gasteiger partial charge in [0.05, 0.1) is 19.1 Å². The Balaban J connectivity index is 2.32. The van der Waals surface area contributed by atoms with Crippen LogP contribution in [-0.2, 0) is 14.8 Å². The number of carbonyl (C=O) groups excluding carboxylic acids is 1. The predicted octanol–water partition coefficient (Wildman–Crippen LogP) is 2.77. The fourth-order valence-corrected chi connectivity index (χ4v) is 3.55. The monoisotopic (exact) mass is 384 g/mol. The van der Waals surface area contributed by atoms with Gasteiger partial charge >= 0.3 is 0 Å². The molecule has 0 saturated heterocycles. The lowest BCUT2D eigenvalue weighted by molar-refractivity contribution is -0.116. The smallest absolute Gasteiger partial charge is 0.247 e. The van der Waals surface area contributed by atoms with Crippen LogP contribution in [0.25, 0.3) is 0 Å². The van der Waals surface area contributed by atoms with E-state index >= 15 is 0 Å². The molecule has 0 heterocycles. The van der Waals surface area contributed by atoms with Gasteiger partial charge in [-0.15, -0.1) is 0 Å². The fraction of sp³-hybridized carbons (Fsp3) is 0.235. The van der Waals surface area contributed by atoms with Crippen molar-refractivity contribution < 1.29 is 26.7 Å². The summed E-state index contributed by atoms with van der Waals surface area (Å²) in [5, 5.41) is 2.57. The van der Waals surface area contributed by atoms with Gasteiger partial charge in [0.2, 0.25) is 15.9 Å². The van der Waals surface area contributed by atoms with E-state index in [9.17, 15) is 22.0 Å². The Bertz CT molecular complexity index is 919. The molecule has 1 atom stereocenters. The number of amides is 1. The molecule has 2 rings (SSSR count). The number of hydrogen-bond donors (Lipinski definition) is 1. The molecule has 2 aromatic rings. The van der Waals surface area contributed by atoms with Crippen molar-refractivity contribution in [1.82, 2.24) is 0 Å². The number of anilines is 2. The van der Waals surface area contributed by atoms with Crippen LogP contribution < -0.4 is 14.4 Å². The molecule has 26 heavy (non-hydrogen) atoms. The highest BCUT2D eigenvalue weighted by Gasteiger charge is 2.29. The second-order valence-electron chi connectivity index (χ2n) is 5.55. The molecule has 0 spiro atoms. The lowest BCUT2D eigenvalue weighted by Crippen LogP contribution is -2.45.